The van der Waals surface area contributed by atoms with Gasteiger partial charge in [0.1, 0.15) is 0 Å². The first-order valence-electron chi connectivity index (χ1n) is 7.95. The van der Waals surface area contributed by atoms with Gasteiger partial charge in [-0.05, 0) is 30.2 Å². The van der Waals surface area contributed by atoms with Crippen LogP contribution in [0.4, 0.5) is 0 Å². The van der Waals surface area contributed by atoms with E-state index >= 15 is 0 Å². The topological polar surface area (TPSA) is 37.3 Å². The minimum atomic E-state index is -0.662. The molecule has 0 aliphatic carbocycles. The smallest absolute Gasteiger partial charge is 0.303 e. The fourth-order valence-electron chi connectivity index (χ4n) is 2.50. The van der Waals surface area contributed by atoms with Crippen molar-refractivity contribution in [3.8, 4) is 0 Å². The monoisotopic (exact) mass is 296 g/mol. The average molecular weight is 296 g/mol. The lowest BCUT2D eigenvalue weighted by molar-refractivity contribution is -0.137. The van der Waals surface area contributed by atoms with Crippen LogP contribution in [0.2, 0.25) is 0 Å². The van der Waals surface area contributed by atoms with E-state index in [1.165, 1.54) is 49.8 Å². The van der Waals surface area contributed by atoms with Crippen LogP contribution in [0.5, 0.6) is 0 Å². The molecule has 20 heavy (non-hydrogen) atoms. The van der Waals surface area contributed by atoms with Crippen molar-refractivity contribution in [1.29, 1.82) is 0 Å². The Balaban J connectivity index is 1.84. The molecular weight excluding hydrogens is 268 g/mol. The average Bonchev–Trinajstić information content (AvgIpc) is 2.94. The van der Waals surface area contributed by atoms with Gasteiger partial charge in [-0.15, -0.1) is 11.3 Å². The van der Waals surface area contributed by atoms with E-state index in [2.05, 4.69) is 24.4 Å². The molecule has 1 atom stereocenters. The first kappa shape index (κ1) is 17.2. The van der Waals surface area contributed by atoms with Gasteiger partial charge in [-0.25, -0.2) is 0 Å². The van der Waals surface area contributed by atoms with Crippen molar-refractivity contribution in [3.05, 3.63) is 22.4 Å². The summed E-state index contributed by atoms with van der Waals surface area (Å²) in [5.41, 5.74) is 0. The molecule has 0 radical (unpaired) electrons. The van der Waals surface area contributed by atoms with E-state index in [0.717, 1.165) is 12.8 Å². The highest BCUT2D eigenvalue weighted by Crippen LogP contribution is 2.25. The molecule has 0 fully saturated rings. The number of thiophene rings is 1. The van der Waals surface area contributed by atoms with E-state index in [0.29, 0.717) is 12.3 Å². The molecule has 0 saturated carbocycles. The third-order valence-corrected chi connectivity index (χ3v) is 4.91. The molecule has 1 aromatic heterocycles. The van der Waals surface area contributed by atoms with Crippen molar-refractivity contribution in [2.24, 2.45) is 0 Å². The second-order valence-corrected chi connectivity index (χ2v) is 6.66. The van der Waals surface area contributed by atoms with Crippen LogP contribution >= 0.6 is 11.3 Å². The minimum absolute atomic E-state index is 0.334. The highest BCUT2D eigenvalue weighted by atomic mass is 32.1. The fraction of sp³-hybridized carbons (Fsp3) is 0.706. The molecule has 1 unspecified atom stereocenters. The summed E-state index contributed by atoms with van der Waals surface area (Å²) < 4.78 is 0. The van der Waals surface area contributed by atoms with Gasteiger partial charge in [-0.1, -0.05) is 57.9 Å². The van der Waals surface area contributed by atoms with Gasteiger partial charge in [0, 0.05) is 11.3 Å². The number of carboxylic acid groups (broad SMARTS) is 1. The van der Waals surface area contributed by atoms with Gasteiger partial charge in [0.15, 0.2) is 0 Å². The van der Waals surface area contributed by atoms with Crippen LogP contribution in [0.1, 0.15) is 81.9 Å². The summed E-state index contributed by atoms with van der Waals surface area (Å²) in [4.78, 5) is 11.9. The summed E-state index contributed by atoms with van der Waals surface area (Å²) in [6.45, 7) is 2.33. The van der Waals surface area contributed by atoms with Crippen molar-refractivity contribution in [3.63, 3.8) is 0 Å². The van der Waals surface area contributed by atoms with Gasteiger partial charge in [0.25, 0.3) is 0 Å². The van der Waals surface area contributed by atoms with Gasteiger partial charge in [-0.3, -0.25) is 4.79 Å². The number of rotatable bonds is 12. The van der Waals surface area contributed by atoms with E-state index < -0.39 is 5.97 Å². The lowest BCUT2D eigenvalue weighted by Gasteiger charge is -2.08. The zero-order valence-electron chi connectivity index (χ0n) is 12.6. The maximum atomic E-state index is 10.3. The zero-order valence-corrected chi connectivity index (χ0v) is 13.5. The Hall–Kier alpha value is -0.830. The van der Waals surface area contributed by atoms with Gasteiger partial charge in [0.2, 0.25) is 0 Å². The van der Waals surface area contributed by atoms with Crippen LogP contribution < -0.4 is 0 Å². The Labute approximate surface area is 127 Å². The van der Waals surface area contributed by atoms with Crippen LogP contribution in [-0.4, -0.2) is 11.1 Å². The summed E-state index contributed by atoms with van der Waals surface area (Å²) in [6, 6.07) is 4.38. The molecule has 3 heteroatoms. The van der Waals surface area contributed by atoms with Gasteiger partial charge in [0.05, 0.1) is 0 Å². The van der Waals surface area contributed by atoms with E-state index in [4.69, 9.17) is 5.11 Å². The first-order chi connectivity index (χ1) is 9.70. The van der Waals surface area contributed by atoms with Crippen LogP contribution in [0.3, 0.4) is 0 Å². The molecule has 1 aromatic rings. The number of aliphatic carboxylic acids is 1. The molecule has 0 saturated heterocycles. The molecule has 0 bridgehead atoms. The predicted molar refractivity (Wildman–Crippen MR) is 86.5 cm³/mol. The van der Waals surface area contributed by atoms with Gasteiger partial charge >= 0.3 is 5.97 Å². The summed E-state index contributed by atoms with van der Waals surface area (Å²) in [5.74, 6) is 0.0517. The second-order valence-electron chi connectivity index (χ2n) is 5.68. The quantitative estimate of drug-likeness (QED) is 0.492. The second kappa shape index (κ2) is 10.9. The lowest BCUT2D eigenvalue weighted by atomic mass is 10.00. The highest BCUT2D eigenvalue weighted by Gasteiger charge is 2.05. The van der Waals surface area contributed by atoms with Crippen LogP contribution in [0, 0.1) is 0 Å². The van der Waals surface area contributed by atoms with Gasteiger partial charge < -0.3 is 5.11 Å². The Kier molecular flexibility index (Phi) is 9.38. The number of unbranched alkanes of at least 4 members (excludes halogenated alkanes) is 7. The summed E-state index contributed by atoms with van der Waals surface area (Å²) in [7, 11) is 0. The Morgan fingerprint density at radius 1 is 1.10 bits per heavy atom. The molecule has 0 aromatic carbocycles. The molecule has 1 heterocycles. The van der Waals surface area contributed by atoms with Crippen LogP contribution in [-0.2, 0) is 4.79 Å². The number of carboxylic acids is 1. The molecule has 114 valence electrons. The Morgan fingerprint density at radius 3 is 2.25 bits per heavy atom. The van der Waals surface area contributed by atoms with Gasteiger partial charge in [-0.2, -0.15) is 0 Å². The SMILES string of the molecule is CC(CCCCCCCCCCC(=O)O)c1cccs1. The van der Waals surface area contributed by atoms with Crippen molar-refractivity contribution in [2.75, 3.05) is 0 Å². The lowest BCUT2D eigenvalue weighted by Crippen LogP contribution is -1.93. The number of hydrogen-bond acceptors (Lipinski definition) is 2. The maximum Gasteiger partial charge on any atom is 0.303 e. The van der Waals surface area contributed by atoms with E-state index in [9.17, 15) is 4.79 Å². The van der Waals surface area contributed by atoms with Crippen molar-refractivity contribution < 1.29 is 9.90 Å². The van der Waals surface area contributed by atoms with E-state index in [1.54, 1.807) is 0 Å². The largest absolute Gasteiger partial charge is 0.481 e. The fourth-order valence-corrected chi connectivity index (χ4v) is 3.32. The molecule has 1 rings (SSSR count). The van der Waals surface area contributed by atoms with E-state index in [-0.39, 0.29) is 0 Å². The van der Waals surface area contributed by atoms with Crippen molar-refractivity contribution >= 4 is 17.3 Å². The number of carbonyl (C=O) groups is 1. The third-order valence-electron chi connectivity index (χ3n) is 3.81. The summed E-state index contributed by atoms with van der Waals surface area (Å²) in [6.07, 6.45) is 11.3. The van der Waals surface area contributed by atoms with Crippen LogP contribution in [0.15, 0.2) is 17.5 Å². The van der Waals surface area contributed by atoms with E-state index in [1.807, 2.05) is 11.3 Å². The summed E-state index contributed by atoms with van der Waals surface area (Å²) in [5, 5.41) is 10.7. The highest BCUT2D eigenvalue weighted by molar-refractivity contribution is 7.10. The molecule has 0 aliphatic heterocycles. The minimum Gasteiger partial charge on any atom is -0.481 e. The van der Waals surface area contributed by atoms with Crippen LogP contribution in [0.25, 0.3) is 0 Å². The third kappa shape index (κ3) is 8.36. The number of hydrogen-bond donors (Lipinski definition) is 1. The normalized spacial score (nSPS) is 12.4. The Bertz CT molecular complexity index is 346. The maximum absolute atomic E-state index is 10.3. The molecule has 0 spiro atoms. The molecular formula is C17H28O2S. The first-order valence-corrected chi connectivity index (χ1v) is 8.83. The molecule has 1 N–H and O–H groups in total. The molecule has 0 amide bonds. The van der Waals surface area contributed by atoms with Crippen molar-refractivity contribution in [2.45, 2.75) is 77.0 Å². The predicted octanol–water partition coefficient (Wildman–Crippen LogP) is 5.84. The van der Waals surface area contributed by atoms with Crippen molar-refractivity contribution in [1.82, 2.24) is 0 Å². The Morgan fingerprint density at radius 2 is 1.70 bits per heavy atom. The zero-order chi connectivity index (χ0) is 14.6. The standard InChI is InChI=1S/C17H28O2S/c1-15(16-12-10-14-20-16)11-8-6-4-2-3-5-7-9-13-17(18)19/h10,12,14-15H,2-9,11,13H2,1H3,(H,18,19). The summed E-state index contributed by atoms with van der Waals surface area (Å²) >= 11 is 1.87. The molecule has 2 nitrogen and oxygen atoms in total. The molecule has 0 aliphatic rings.